The Morgan fingerprint density at radius 3 is 2.50 bits per heavy atom. The van der Waals surface area contributed by atoms with E-state index >= 15 is 0 Å². The Balaban J connectivity index is 3.53. The van der Waals surface area contributed by atoms with E-state index in [9.17, 15) is 0 Å². The second kappa shape index (κ2) is 2.84. The molecule has 0 spiro atoms. The van der Waals surface area contributed by atoms with Crippen LogP contribution >= 0.6 is 11.3 Å². The molecule has 0 radical (unpaired) electrons. The summed E-state index contributed by atoms with van der Waals surface area (Å²) >= 11 is 1.52. The van der Waals surface area contributed by atoms with Crippen LogP contribution in [0, 0.1) is 0 Å². The summed E-state index contributed by atoms with van der Waals surface area (Å²) in [7, 11) is 0. The zero-order valence-electron chi connectivity index (χ0n) is 6.09. The van der Waals surface area contributed by atoms with Gasteiger partial charge in [0.25, 0.3) is 0 Å². The van der Waals surface area contributed by atoms with Gasteiger partial charge in [0.05, 0.1) is 9.88 Å². The molecule has 0 fully saturated rings. The van der Waals surface area contributed by atoms with Crippen molar-refractivity contribution in [2.75, 3.05) is 5.73 Å². The Bertz CT molecular complexity index is 292. The molecule has 3 heteroatoms. The molecule has 1 aromatic heterocycles. The van der Waals surface area contributed by atoms with Gasteiger partial charge in [-0.3, -0.25) is 0 Å². The van der Waals surface area contributed by atoms with Gasteiger partial charge in [0.2, 0.25) is 0 Å². The van der Waals surface area contributed by atoms with E-state index in [1.807, 2.05) is 26.0 Å². The van der Waals surface area contributed by atoms with Crippen molar-refractivity contribution in [3.63, 3.8) is 0 Å². The van der Waals surface area contributed by atoms with Crippen LogP contribution in [0.3, 0.4) is 0 Å². The summed E-state index contributed by atoms with van der Waals surface area (Å²) < 4.78 is 1.15. The molecular formula is C7H10N2S. The van der Waals surface area contributed by atoms with Gasteiger partial charge in [0.1, 0.15) is 0 Å². The summed E-state index contributed by atoms with van der Waals surface area (Å²) in [6.07, 6.45) is 3.98. The number of nitrogen functional groups attached to an aromatic ring is 1. The van der Waals surface area contributed by atoms with Crippen molar-refractivity contribution in [2.24, 2.45) is 0 Å². The maximum absolute atomic E-state index is 5.50. The molecule has 1 aromatic rings. The Morgan fingerprint density at radius 2 is 2.10 bits per heavy atom. The molecule has 54 valence electrons. The van der Waals surface area contributed by atoms with E-state index in [0.29, 0.717) is 5.13 Å². The maximum Gasteiger partial charge on any atom is 0.181 e. The van der Waals surface area contributed by atoms with Crippen LogP contribution in [0.25, 0.3) is 12.2 Å². The average molecular weight is 154 g/mol. The van der Waals surface area contributed by atoms with Gasteiger partial charge in [-0.2, -0.15) is 0 Å². The summed E-state index contributed by atoms with van der Waals surface area (Å²) in [5.41, 5.74) is 5.50. The van der Waals surface area contributed by atoms with Crippen molar-refractivity contribution in [3.05, 3.63) is 9.88 Å². The number of aromatic nitrogens is 1. The Morgan fingerprint density at radius 1 is 1.40 bits per heavy atom. The van der Waals surface area contributed by atoms with Gasteiger partial charge in [-0.1, -0.05) is 23.5 Å². The molecule has 0 aliphatic rings. The fourth-order valence-corrected chi connectivity index (χ4v) is 1.53. The highest BCUT2D eigenvalue weighted by molar-refractivity contribution is 7.13. The number of nitrogens with zero attached hydrogens (tertiary/aromatic N) is 1. The highest BCUT2D eigenvalue weighted by Crippen LogP contribution is 1.93. The highest BCUT2D eigenvalue weighted by Gasteiger charge is 1.90. The molecular weight excluding hydrogens is 144 g/mol. The molecule has 10 heavy (non-hydrogen) atoms. The van der Waals surface area contributed by atoms with Gasteiger partial charge < -0.3 is 5.73 Å². The Labute approximate surface area is 63.7 Å². The van der Waals surface area contributed by atoms with Crippen molar-refractivity contribution in [2.45, 2.75) is 13.8 Å². The second-order valence-corrected chi connectivity index (χ2v) is 2.94. The van der Waals surface area contributed by atoms with Crippen molar-refractivity contribution >= 4 is 28.6 Å². The van der Waals surface area contributed by atoms with Gasteiger partial charge in [-0.15, -0.1) is 0 Å². The lowest BCUT2D eigenvalue weighted by atomic mass is 10.5. The SMILES string of the molecule is CC=c1nc(N)sc1=CC. The quantitative estimate of drug-likeness (QED) is 0.584. The maximum atomic E-state index is 5.50. The van der Waals surface area contributed by atoms with Gasteiger partial charge >= 0.3 is 0 Å². The van der Waals surface area contributed by atoms with Crippen molar-refractivity contribution < 1.29 is 0 Å². The number of rotatable bonds is 0. The van der Waals surface area contributed by atoms with Crippen LogP contribution in [0.4, 0.5) is 5.13 Å². The van der Waals surface area contributed by atoms with Crippen LogP contribution in [0.2, 0.25) is 0 Å². The molecule has 1 rings (SSSR count). The third-order valence-corrected chi connectivity index (χ3v) is 2.20. The van der Waals surface area contributed by atoms with Crippen LogP contribution in [0.1, 0.15) is 13.8 Å². The number of thiazole rings is 1. The highest BCUT2D eigenvalue weighted by atomic mass is 32.1. The minimum atomic E-state index is 0.640. The van der Waals surface area contributed by atoms with E-state index in [-0.39, 0.29) is 0 Å². The molecule has 0 bridgehead atoms. The van der Waals surface area contributed by atoms with Gasteiger partial charge in [-0.05, 0) is 13.8 Å². The normalized spacial score (nSPS) is 14.6. The van der Waals surface area contributed by atoms with E-state index in [1.165, 1.54) is 11.3 Å². The lowest BCUT2D eigenvalue weighted by molar-refractivity contribution is 1.31. The molecule has 0 saturated heterocycles. The summed E-state index contributed by atoms with van der Waals surface area (Å²) in [5, 5.41) is 1.63. The fraction of sp³-hybridized carbons (Fsp3) is 0.286. The van der Waals surface area contributed by atoms with Gasteiger partial charge in [0.15, 0.2) is 5.13 Å². The summed E-state index contributed by atoms with van der Waals surface area (Å²) in [5.74, 6) is 0. The predicted molar refractivity (Wildman–Crippen MR) is 46.1 cm³/mol. The van der Waals surface area contributed by atoms with E-state index in [0.717, 1.165) is 9.88 Å². The standard InChI is InChI=1S/C7H10N2S/c1-3-5-6(4-2)10-7(8)9-5/h3-4H,1-2H3,(H2,8,9). The lowest BCUT2D eigenvalue weighted by Crippen LogP contribution is -2.19. The molecule has 2 N–H and O–H groups in total. The third kappa shape index (κ3) is 1.19. The van der Waals surface area contributed by atoms with Crippen LogP contribution in [-0.2, 0) is 0 Å². The largest absolute Gasteiger partial charge is 0.375 e. The molecule has 0 aliphatic carbocycles. The van der Waals surface area contributed by atoms with E-state index in [4.69, 9.17) is 5.73 Å². The monoisotopic (exact) mass is 154 g/mol. The molecule has 0 atom stereocenters. The van der Waals surface area contributed by atoms with Crippen LogP contribution in [-0.4, -0.2) is 4.98 Å². The first-order valence-corrected chi connectivity index (χ1v) is 3.94. The molecule has 0 saturated carbocycles. The molecule has 1 heterocycles. The second-order valence-electron chi connectivity index (χ2n) is 1.88. The molecule has 0 aromatic carbocycles. The van der Waals surface area contributed by atoms with E-state index < -0.39 is 0 Å². The van der Waals surface area contributed by atoms with Crippen LogP contribution < -0.4 is 15.6 Å². The molecule has 2 nitrogen and oxygen atoms in total. The Hall–Kier alpha value is -0.830. The van der Waals surface area contributed by atoms with E-state index in [1.54, 1.807) is 0 Å². The smallest absolute Gasteiger partial charge is 0.181 e. The van der Waals surface area contributed by atoms with Crippen molar-refractivity contribution in [1.82, 2.24) is 4.98 Å². The number of anilines is 1. The van der Waals surface area contributed by atoms with Crippen molar-refractivity contribution in [3.8, 4) is 0 Å². The molecule has 0 amide bonds. The summed E-state index contributed by atoms with van der Waals surface area (Å²) in [6.45, 7) is 3.95. The fourth-order valence-electron chi connectivity index (χ4n) is 0.775. The van der Waals surface area contributed by atoms with Crippen LogP contribution in [0.15, 0.2) is 0 Å². The van der Waals surface area contributed by atoms with Gasteiger partial charge in [0, 0.05) is 0 Å². The number of nitrogens with two attached hydrogens (primary N) is 1. The van der Waals surface area contributed by atoms with Crippen molar-refractivity contribution in [1.29, 1.82) is 0 Å². The number of hydrogen-bond donors (Lipinski definition) is 1. The zero-order chi connectivity index (χ0) is 7.56. The van der Waals surface area contributed by atoms with E-state index in [2.05, 4.69) is 4.98 Å². The zero-order valence-corrected chi connectivity index (χ0v) is 6.90. The average Bonchev–Trinajstić information content (AvgIpc) is 2.30. The first kappa shape index (κ1) is 7.28. The summed E-state index contributed by atoms with van der Waals surface area (Å²) in [4.78, 5) is 4.11. The molecule has 0 unspecified atom stereocenters. The first-order chi connectivity index (χ1) is 4.77. The first-order valence-electron chi connectivity index (χ1n) is 3.13. The summed E-state index contributed by atoms with van der Waals surface area (Å²) in [6, 6.07) is 0. The third-order valence-electron chi connectivity index (χ3n) is 1.23. The van der Waals surface area contributed by atoms with Gasteiger partial charge in [-0.25, -0.2) is 4.98 Å². The topological polar surface area (TPSA) is 38.9 Å². The Kier molecular flexibility index (Phi) is 2.06. The van der Waals surface area contributed by atoms with Crippen LogP contribution in [0.5, 0.6) is 0 Å². The minimum Gasteiger partial charge on any atom is -0.375 e. The molecule has 0 aliphatic heterocycles. The lowest BCUT2D eigenvalue weighted by Gasteiger charge is -1.70. The minimum absolute atomic E-state index is 0.640. The number of hydrogen-bond acceptors (Lipinski definition) is 3. The predicted octanol–water partition coefficient (Wildman–Crippen LogP) is 0.326.